The Kier molecular flexibility index (Phi) is 4.96. The molecule has 1 saturated heterocycles. The lowest BCUT2D eigenvalue weighted by Gasteiger charge is -2.35. The zero-order chi connectivity index (χ0) is 13.0. The van der Waals surface area contributed by atoms with Gasteiger partial charge in [-0.2, -0.15) is 0 Å². The van der Waals surface area contributed by atoms with E-state index in [1.807, 2.05) is 0 Å². The first-order chi connectivity index (χ1) is 8.62. The summed E-state index contributed by atoms with van der Waals surface area (Å²) in [5.74, 6) is -1.89. The van der Waals surface area contributed by atoms with Gasteiger partial charge in [0.2, 0.25) is 5.92 Å². The molecule has 0 aromatic carbocycles. The lowest BCUT2D eigenvalue weighted by Crippen LogP contribution is -2.45. The second-order valence-electron chi connectivity index (χ2n) is 5.82. The van der Waals surface area contributed by atoms with Gasteiger partial charge in [0.05, 0.1) is 6.61 Å². The van der Waals surface area contributed by atoms with Crippen LogP contribution in [0.2, 0.25) is 0 Å². The van der Waals surface area contributed by atoms with Crippen LogP contribution in [0.4, 0.5) is 8.78 Å². The molecule has 3 unspecified atom stereocenters. The average Bonchev–Trinajstić information content (AvgIpc) is 2.72. The van der Waals surface area contributed by atoms with Crippen molar-refractivity contribution in [3.8, 4) is 0 Å². The third kappa shape index (κ3) is 3.64. The Morgan fingerprint density at radius 3 is 2.72 bits per heavy atom. The van der Waals surface area contributed by atoms with E-state index in [0.29, 0.717) is 12.3 Å². The summed E-state index contributed by atoms with van der Waals surface area (Å²) in [6, 6.07) is 0.221. The van der Waals surface area contributed by atoms with E-state index in [2.05, 4.69) is 12.2 Å². The van der Waals surface area contributed by atoms with Crippen LogP contribution in [0.3, 0.4) is 0 Å². The molecule has 0 aromatic heterocycles. The van der Waals surface area contributed by atoms with Gasteiger partial charge in [0, 0.05) is 25.5 Å². The number of alkyl halides is 2. The molecule has 2 nitrogen and oxygen atoms in total. The third-order valence-electron chi connectivity index (χ3n) is 4.28. The summed E-state index contributed by atoms with van der Waals surface area (Å²) in [5.41, 5.74) is 0. The summed E-state index contributed by atoms with van der Waals surface area (Å²) >= 11 is 0. The van der Waals surface area contributed by atoms with Gasteiger partial charge in [0.15, 0.2) is 0 Å². The molecule has 1 saturated carbocycles. The molecule has 1 N–H and O–H groups in total. The predicted octanol–water partition coefficient (Wildman–Crippen LogP) is 3.22. The maximum atomic E-state index is 13.4. The summed E-state index contributed by atoms with van der Waals surface area (Å²) in [7, 11) is 0. The highest BCUT2D eigenvalue weighted by Crippen LogP contribution is 2.42. The molecule has 3 atom stereocenters. The normalized spacial score (nSPS) is 33.5. The van der Waals surface area contributed by atoms with Crippen molar-refractivity contribution in [2.45, 2.75) is 57.4 Å². The Labute approximate surface area is 108 Å². The van der Waals surface area contributed by atoms with Crippen molar-refractivity contribution in [2.75, 3.05) is 19.8 Å². The Balaban J connectivity index is 1.95. The highest BCUT2D eigenvalue weighted by molar-refractivity contribution is 4.92. The van der Waals surface area contributed by atoms with Gasteiger partial charge < -0.3 is 10.1 Å². The number of hydrogen-bond donors (Lipinski definition) is 1. The van der Waals surface area contributed by atoms with Crippen LogP contribution in [0.5, 0.6) is 0 Å². The molecule has 0 aromatic rings. The van der Waals surface area contributed by atoms with Crippen LogP contribution in [0.15, 0.2) is 0 Å². The van der Waals surface area contributed by atoms with Crippen molar-refractivity contribution in [1.82, 2.24) is 5.32 Å². The summed E-state index contributed by atoms with van der Waals surface area (Å²) in [6.45, 7) is 4.61. The van der Waals surface area contributed by atoms with Gasteiger partial charge in [0.1, 0.15) is 0 Å². The van der Waals surface area contributed by atoms with E-state index in [1.54, 1.807) is 0 Å². The van der Waals surface area contributed by atoms with Gasteiger partial charge in [-0.25, -0.2) is 8.78 Å². The zero-order valence-corrected chi connectivity index (χ0v) is 11.3. The van der Waals surface area contributed by atoms with E-state index in [-0.39, 0.29) is 24.8 Å². The highest BCUT2D eigenvalue weighted by atomic mass is 19.3. The molecule has 0 amide bonds. The van der Waals surface area contributed by atoms with Gasteiger partial charge in [-0.3, -0.25) is 0 Å². The van der Waals surface area contributed by atoms with Gasteiger partial charge in [0.25, 0.3) is 0 Å². The molecule has 4 heteroatoms. The maximum absolute atomic E-state index is 13.4. The molecule has 0 bridgehead atoms. The zero-order valence-electron chi connectivity index (χ0n) is 11.3. The number of ether oxygens (including phenoxy) is 1. The van der Waals surface area contributed by atoms with Crippen molar-refractivity contribution in [2.24, 2.45) is 11.8 Å². The molecule has 0 spiro atoms. The summed E-state index contributed by atoms with van der Waals surface area (Å²) in [4.78, 5) is 0. The summed E-state index contributed by atoms with van der Waals surface area (Å²) < 4.78 is 32.3. The van der Waals surface area contributed by atoms with E-state index < -0.39 is 5.92 Å². The van der Waals surface area contributed by atoms with Crippen LogP contribution in [-0.2, 0) is 4.74 Å². The first-order valence-corrected chi connectivity index (χ1v) is 7.31. The Morgan fingerprint density at radius 1 is 1.33 bits per heavy atom. The fourth-order valence-corrected chi connectivity index (χ4v) is 3.37. The van der Waals surface area contributed by atoms with E-state index in [9.17, 15) is 8.78 Å². The van der Waals surface area contributed by atoms with Crippen molar-refractivity contribution in [1.29, 1.82) is 0 Å². The third-order valence-corrected chi connectivity index (χ3v) is 4.28. The standard InChI is InChI=1S/C14H25F2NO/c1-2-7-17-13(12-4-3-8-18-10-12)11-5-6-14(15,16)9-11/h11-13,17H,2-10H2,1H3. The van der Waals surface area contributed by atoms with Crippen LogP contribution < -0.4 is 5.32 Å². The minimum atomic E-state index is -2.44. The second-order valence-corrected chi connectivity index (χ2v) is 5.82. The molecular formula is C14H25F2NO. The lowest BCUT2D eigenvalue weighted by molar-refractivity contribution is -0.00502. The first-order valence-electron chi connectivity index (χ1n) is 7.31. The van der Waals surface area contributed by atoms with Crippen molar-refractivity contribution in [3.63, 3.8) is 0 Å². The van der Waals surface area contributed by atoms with Gasteiger partial charge in [-0.15, -0.1) is 0 Å². The van der Waals surface area contributed by atoms with E-state index in [0.717, 1.165) is 39.0 Å². The Bertz CT molecular complexity index is 254. The van der Waals surface area contributed by atoms with Gasteiger partial charge >= 0.3 is 0 Å². The minimum Gasteiger partial charge on any atom is -0.381 e. The number of hydrogen-bond acceptors (Lipinski definition) is 2. The van der Waals surface area contributed by atoms with Gasteiger partial charge in [-0.05, 0) is 44.1 Å². The Hall–Kier alpha value is -0.220. The Morgan fingerprint density at radius 2 is 2.17 bits per heavy atom. The minimum absolute atomic E-state index is 0.0604. The van der Waals surface area contributed by atoms with Gasteiger partial charge in [-0.1, -0.05) is 6.92 Å². The van der Waals surface area contributed by atoms with Crippen molar-refractivity contribution in [3.05, 3.63) is 0 Å². The quantitative estimate of drug-likeness (QED) is 0.820. The molecule has 106 valence electrons. The molecule has 0 radical (unpaired) electrons. The van der Waals surface area contributed by atoms with Crippen molar-refractivity contribution < 1.29 is 13.5 Å². The van der Waals surface area contributed by atoms with Crippen LogP contribution in [0.25, 0.3) is 0 Å². The summed E-state index contributed by atoms with van der Waals surface area (Å²) in [6.07, 6.45) is 4.01. The molecular weight excluding hydrogens is 236 g/mol. The van der Waals surface area contributed by atoms with E-state index in [1.165, 1.54) is 0 Å². The largest absolute Gasteiger partial charge is 0.381 e. The molecule has 1 aliphatic heterocycles. The lowest BCUT2D eigenvalue weighted by atomic mass is 9.83. The molecule has 2 fully saturated rings. The fourth-order valence-electron chi connectivity index (χ4n) is 3.37. The average molecular weight is 261 g/mol. The highest BCUT2D eigenvalue weighted by Gasteiger charge is 2.44. The molecule has 2 rings (SSSR count). The van der Waals surface area contributed by atoms with Crippen molar-refractivity contribution >= 4 is 0 Å². The number of rotatable bonds is 5. The topological polar surface area (TPSA) is 21.3 Å². The van der Waals surface area contributed by atoms with Crippen LogP contribution in [0, 0.1) is 11.8 Å². The predicted molar refractivity (Wildman–Crippen MR) is 67.9 cm³/mol. The molecule has 1 aliphatic carbocycles. The van der Waals surface area contributed by atoms with Crippen LogP contribution in [0.1, 0.15) is 45.4 Å². The maximum Gasteiger partial charge on any atom is 0.248 e. The van der Waals surface area contributed by atoms with Crippen LogP contribution >= 0.6 is 0 Å². The smallest absolute Gasteiger partial charge is 0.248 e. The van der Waals surface area contributed by atoms with E-state index >= 15 is 0 Å². The monoisotopic (exact) mass is 261 g/mol. The number of nitrogens with one attached hydrogen (secondary N) is 1. The fraction of sp³-hybridized carbons (Fsp3) is 1.00. The van der Waals surface area contributed by atoms with E-state index in [4.69, 9.17) is 4.74 Å². The molecule has 2 aliphatic rings. The number of halogens is 2. The SMILES string of the molecule is CCCNC(C1CCCOC1)C1CCC(F)(F)C1. The van der Waals surface area contributed by atoms with Crippen LogP contribution in [-0.4, -0.2) is 31.7 Å². The molecule has 1 heterocycles. The summed E-state index contributed by atoms with van der Waals surface area (Å²) in [5, 5.41) is 3.51. The molecule has 18 heavy (non-hydrogen) atoms. The first kappa shape index (κ1) is 14.2. The second kappa shape index (κ2) is 6.29.